The van der Waals surface area contributed by atoms with Gasteiger partial charge in [-0.1, -0.05) is 36.4 Å². The van der Waals surface area contributed by atoms with Crippen LogP contribution < -0.4 is 9.21 Å². The molecule has 0 saturated carbocycles. The minimum Gasteiger partial charge on any atom is -0.369 e. The van der Waals surface area contributed by atoms with Crippen molar-refractivity contribution in [2.24, 2.45) is 0 Å². The van der Waals surface area contributed by atoms with Gasteiger partial charge in [-0.15, -0.1) is 0 Å². The van der Waals surface area contributed by atoms with Gasteiger partial charge in [-0.25, -0.2) is 8.42 Å². The number of anilines is 2. The van der Waals surface area contributed by atoms with Gasteiger partial charge in [-0.2, -0.15) is 0 Å². The smallest absolute Gasteiger partial charge is 0.264 e. The Morgan fingerprint density at radius 3 is 2.23 bits per heavy atom. The maximum atomic E-state index is 13.7. The van der Waals surface area contributed by atoms with Crippen LogP contribution in [-0.4, -0.2) is 52.6 Å². The number of piperazine rings is 1. The van der Waals surface area contributed by atoms with Crippen molar-refractivity contribution in [2.45, 2.75) is 24.8 Å². The Hall–Kier alpha value is -2.57. The van der Waals surface area contributed by atoms with Crippen molar-refractivity contribution in [2.75, 3.05) is 42.4 Å². The predicted molar refractivity (Wildman–Crippen MR) is 125 cm³/mol. The number of nitrogens with zero attached hydrogens (tertiary/aromatic N) is 3. The van der Waals surface area contributed by atoms with Crippen molar-refractivity contribution in [3.8, 4) is 0 Å². The molecule has 1 fully saturated rings. The van der Waals surface area contributed by atoms with E-state index in [1.54, 1.807) is 12.1 Å². The highest BCUT2D eigenvalue weighted by molar-refractivity contribution is 7.92. The Bertz CT molecular complexity index is 1140. The lowest BCUT2D eigenvalue weighted by Gasteiger charge is -2.35. The van der Waals surface area contributed by atoms with E-state index in [4.69, 9.17) is 0 Å². The third-order valence-electron chi connectivity index (χ3n) is 5.70. The molecular formula is C24H29N3O2S. The Balaban J connectivity index is 1.71. The topological polar surface area (TPSA) is 43.9 Å². The molecule has 5 nitrogen and oxygen atoms in total. The third kappa shape index (κ3) is 4.02. The summed E-state index contributed by atoms with van der Waals surface area (Å²) in [5.41, 5.74) is 1.77. The van der Waals surface area contributed by atoms with Crippen LogP contribution in [0.5, 0.6) is 0 Å². The Morgan fingerprint density at radius 2 is 1.53 bits per heavy atom. The van der Waals surface area contributed by atoms with Crippen LogP contribution in [0.3, 0.4) is 0 Å². The minimum atomic E-state index is -3.69. The van der Waals surface area contributed by atoms with Gasteiger partial charge in [0.1, 0.15) is 0 Å². The number of sulfonamides is 1. The van der Waals surface area contributed by atoms with E-state index >= 15 is 0 Å². The number of hydrogen-bond donors (Lipinski definition) is 0. The molecule has 0 aromatic heterocycles. The monoisotopic (exact) mass is 423 g/mol. The summed E-state index contributed by atoms with van der Waals surface area (Å²) in [6, 6.07) is 20.9. The lowest BCUT2D eigenvalue weighted by atomic mass is 10.1. The molecule has 1 aliphatic heterocycles. The van der Waals surface area contributed by atoms with Crippen LogP contribution in [0.1, 0.15) is 13.8 Å². The highest BCUT2D eigenvalue weighted by atomic mass is 32.2. The van der Waals surface area contributed by atoms with E-state index in [9.17, 15) is 8.42 Å². The van der Waals surface area contributed by atoms with E-state index in [0.717, 1.165) is 42.6 Å². The van der Waals surface area contributed by atoms with Crippen molar-refractivity contribution in [1.82, 2.24) is 4.90 Å². The van der Waals surface area contributed by atoms with Gasteiger partial charge in [0.25, 0.3) is 10.0 Å². The number of fused-ring (bicyclic) bond motifs is 1. The molecule has 4 rings (SSSR count). The number of benzene rings is 3. The summed E-state index contributed by atoms with van der Waals surface area (Å²) in [5, 5.41) is 1.96. The van der Waals surface area contributed by atoms with Crippen molar-refractivity contribution in [1.29, 1.82) is 0 Å². The SMILES string of the molecule is CC(C)N(c1cccc(N2CCN(C)CC2)c1)S(=O)(=O)c1ccc2ccccc2c1. The first-order valence-corrected chi connectivity index (χ1v) is 11.9. The Morgan fingerprint density at radius 1 is 0.833 bits per heavy atom. The summed E-state index contributed by atoms with van der Waals surface area (Å²) in [6.45, 7) is 7.74. The second-order valence-corrected chi connectivity index (χ2v) is 10.0. The standard InChI is InChI=1S/C24H29N3O2S/c1-19(2)27(23-10-6-9-22(18-23)26-15-13-25(3)14-16-26)30(28,29)24-12-11-20-7-4-5-8-21(20)17-24/h4-12,17-19H,13-16H2,1-3H3. The highest BCUT2D eigenvalue weighted by Crippen LogP contribution is 2.31. The van der Waals surface area contributed by atoms with E-state index in [2.05, 4.69) is 22.9 Å². The van der Waals surface area contributed by atoms with Gasteiger partial charge in [-0.3, -0.25) is 4.31 Å². The van der Waals surface area contributed by atoms with Crippen molar-refractivity contribution in [3.63, 3.8) is 0 Å². The van der Waals surface area contributed by atoms with Crippen LogP contribution >= 0.6 is 0 Å². The molecule has 0 amide bonds. The fraction of sp³-hybridized carbons (Fsp3) is 0.333. The van der Waals surface area contributed by atoms with Gasteiger partial charge >= 0.3 is 0 Å². The minimum absolute atomic E-state index is 0.204. The average molecular weight is 424 g/mol. The highest BCUT2D eigenvalue weighted by Gasteiger charge is 2.28. The second-order valence-electron chi connectivity index (χ2n) is 8.21. The summed E-state index contributed by atoms with van der Waals surface area (Å²) in [4.78, 5) is 4.95. The molecule has 0 atom stereocenters. The summed E-state index contributed by atoms with van der Waals surface area (Å²) >= 11 is 0. The van der Waals surface area contributed by atoms with E-state index < -0.39 is 10.0 Å². The van der Waals surface area contributed by atoms with Gasteiger partial charge in [0.15, 0.2) is 0 Å². The first kappa shape index (κ1) is 20.7. The molecule has 1 saturated heterocycles. The van der Waals surface area contributed by atoms with Gasteiger partial charge in [0, 0.05) is 37.9 Å². The summed E-state index contributed by atoms with van der Waals surface area (Å²) in [6.07, 6.45) is 0. The van der Waals surface area contributed by atoms with Crippen LogP contribution in [0.15, 0.2) is 71.6 Å². The zero-order chi connectivity index (χ0) is 21.3. The van der Waals surface area contributed by atoms with Crippen LogP contribution in [0.2, 0.25) is 0 Å². The summed E-state index contributed by atoms with van der Waals surface area (Å²) in [5.74, 6) is 0. The molecule has 3 aromatic carbocycles. The van der Waals surface area contributed by atoms with Gasteiger partial charge in [0.05, 0.1) is 10.6 Å². The van der Waals surface area contributed by atoms with E-state index in [1.165, 1.54) is 4.31 Å². The van der Waals surface area contributed by atoms with Crippen LogP contribution in [0, 0.1) is 0 Å². The molecule has 0 spiro atoms. The van der Waals surface area contributed by atoms with Crippen molar-refractivity contribution < 1.29 is 8.42 Å². The molecule has 1 heterocycles. The molecule has 1 aliphatic rings. The molecule has 0 aliphatic carbocycles. The quantitative estimate of drug-likeness (QED) is 0.617. The van der Waals surface area contributed by atoms with Crippen molar-refractivity contribution in [3.05, 3.63) is 66.7 Å². The lowest BCUT2D eigenvalue weighted by molar-refractivity contribution is 0.313. The third-order valence-corrected chi connectivity index (χ3v) is 7.70. The fourth-order valence-electron chi connectivity index (χ4n) is 4.05. The normalized spacial score (nSPS) is 15.7. The molecule has 3 aromatic rings. The van der Waals surface area contributed by atoms with Crippen LogP contribution in [-0.2, 0) is 10.0 Å². The number of likely N-dealkylation sites (N-methyl/N-ethyl adjacent to an activating group) is 1. The maximum Gasteiger partial charge on any atom is 0.264 e. The molecule has 0 bridgehead atoms. The van der Waals surface area contributed by atoms with Crippen LogP contribution in [0.25, 0.3) is 10.8 Å². The van der Waals surface area contributed by atoms with Crippen molar-refractivity contribution >= 4 is 32.2 Å². The molecule has 30 heavy (non-hydrogen) atoms. The first-order chi connectivity index (χ1) is 14.4. The maximum absolute atomic E-state index is 13.7. The predicted octanol–water partition coefficient (Wildman–Crippen LogP) is 4.20. The Labute approximate surface area is 179 Å². The number of hydrogen-bond acceptors (Lipinski definition) is 4. The molecule has 6 heteroatoms. The Kier molecular flexibility index (Phi) is 5.71. The number of rotatable bonds is 5. The molecule has 0 radical (unpaired) electrons. The molecular weight excluding hydrogens is 394 g/mol. The largest absolute Gasteiger partial charge is 0.369 e. The van der Waals surface area contributed by atoms with Gasteiger partial charge in [0.2, 0.25) is 0 Å². The summed E-state index contributed by atoms with van der Waals surface area (Å²) in [7, 11) is -1.57. The van der Waals surface area contributed by atoms with E-state index in [1.807, 2.05) is 62.4 Å². The van der Waals surface area contributed by atoms with Gasteiger partial charge < -0.3 is 9.80 Å². The fourth-order valence-corrected chi connectivity index (χ4v) is 5.74. The molecule has 158 valence electrons. The first-order valence-electron chi connectivity index (χ1n) is 10.4. The van der Waals surface area contributed by atoms with Crippen LogP contribution in [0.4, 0.5) is 11.4 Å². The van der Waals surface area contributed by atoms with Gasteiger partial charge in [-0.05, 0) is 62.0 Å². The van der Waals surface area contributed by atoms with E-state index in [0.29, 0.717) is 10.6 Å². The van der Waals surface area contributed by atoms with E-state index in [-0.39, 0.29) is 6.04 Å². The average Bonchev–Trinajstić information content (AvgIpc) is 2.74. The molecule has 0 unspecified atom stereocenters. The second kappa shape index (κ2) is 8.28. The lowest BCUT2D eigenvalue weighted by Crippen LogP contribution is -2.44. The summed E-state index contributed by atoms with van der Waals surface area (Å²) < 4.78 is 28.8. The molecule has 0 N–H and O–H groups in total. The zero-order valence-electron chi connectivity index (χ0n) is 17.8. The zero-order valence-corrected chi connectivity index (χ0v) is 18.6.